The summed E-state index contributed by atoms with van der Waals surface area (Å²) < 4.78 is 6.92. The highest BCUT2D eigenvalue weighted by molar-refractivity contribution is 5.65. The number of hydrogen-bond acceptors (Lipinski definition) is 2. The molecule has 1 saturated carbocycles. The first-order chi connectivity index (χ1) is 18.1. The van der Waals surface area contributed by atoms with Crippen LogP contribution in [0, 0.1) is 17.8 Å². The van der Waals surface area contributed by atoms with Crippen molar-refractivity contribution < 1.29 is 4.74 Å². The highest BCUT2D eigenvalue weighted by Crippen LogP contribution is 2.43. The molecule has 1 N–H and O–H groups in total. The molecule has 0 bridgehead atoms. The Hall–Kier alpha value is -3.52. The third-order valence-corrected chi connectivity index (χ3v) is 8.07. The number of anilines is 1. The molecule has 0 unspecified atom stereocenters. The molecule has 2 nitrogen and oxygen atoms in total. The van der Waals surface area contributed by atoms with Gasteiger partial charge in [0.15, 0.2) is 0 Å². The quantitative estimate of drug-likeness (QED) is 0.249. The Morgan fingerprint density at radius 1 is 0.676 bits per heavy atom. The summed E-state index contributed by atoms with van der Waals surface area (Å²) >= 11 is 0. The maximum atomic E-state index is 6.92. The van der Waals surface area contributed by atoms with Crippen LogP contribution in [-0.4, -0.2) is 6.10 Å². The average Bonchev–Trinajstić information content (AvgIpc) is 2.94. The summed E-state index contributed by atoms with van der Waals surface area (Å²) in [5.74, 6) is 2.80. The van der Waals surface area contributed by atoms with Crippen molar-refractivity contribution in [2.24, 2.45) is 17.8 Å². The van der Waals surface area contributed by atoms with Crippen LogP contribution in [0.2, 0.25) is 0 Å². The summed E-state index contributed by atoms with van der Waals surface area (Å²) in [6, 6.07) is 40.8. The van der Waals surface area contributed by atoms with Gasteiger partial charge in [0.1, 0.15) is 17.4 Å². The number of hydrogen-bond donors (Lipinski definition) is 1. The zero-order valence-corrected chi connectivity index (χ0v) is 22.3. The van der Waals surface area contributed by atoms with Crippen molar-refractivity contribution >= 4 is 5.69 Å². The second-order valence-electron chi connectivity index (χ2n) is 11.0. The van der Waals surface area contributed by atoms with Crippen molar-refractivity contribution in [2.75, 3.05) is 5.32 Å². The topological polar surface area (TPSA) is 21.3 Å². The van der Waals surface area contributed by atoms with E-state index in [9.17, 15) is 0 Å². The van der Waals surface area contributed by atoms with Gasteiger partial charge in [-0.25, -0.2) is 0 Å². The Morgan fingerprint density at radius 3 is 1.68 bits per heavy atom. The van der Waals surface area contributed by atoms with E-state index in [4.69, 9.17) is 4.74 Å². The smallest absolute Gasteiger partial charge is 0.142 e. The molecule has 1 aliphatic rings. The second-order valence-corrected chi connectivity index (χ2v) is 11.0. The normalized spacial score (nSPS) is 19.9. The Balaban J connectivity index is 1.62. The van der Waals surface area contributed by atoms with E-state index in [1.807, 2.05) is 0 Å². The molecule has 0 amide bonds. The van der Waals surface area contributed by atoms with Crippen LogP contribution in [0.5, 0.6) is 5.75 Å². The minimum absolute atomic E-state index is 0.228. The van der Waals surface area contributed by atoms with E-state index in [1.54, 1.807) is 0 Å². The van der Waals surface area contributed by atoms with Crippen LogP contribution >= 0.6 is 0 Å². The minimum atomic E-state index is -0.583. The van der Waals surface area contributed by atoms with Crippen LogP contribution in [0.1, 0.15) is 56.7 Å². The molecule has 4 aromatic rings. The number of rotatable bonds is 8. The molecule has 3 atom stereocenters. The standard InChI is InChI=1S/C35H39NO/c1-26(2)31-24-23-27(3)25-34(31)37-33-22-14-13-21-32(33)36-35(28-15-7-4-8-16-28,29-17-9-5-10-18-29)30-19-11-6-12-20-30/h4-22,26-27,31,34,36H,23-25H2,1-3H3/t27-,31+,34-/m1/s1. The number of para-hydroxylation sites is 2. The summed E-state index contributed by atoms with van der Waals surface area (Å²) in [4.78, 5) is 0. The molecule has 4 aromatic carbocycles. The van der Waals surface area contributed by atoms with E-state index < -0.39 is 5.54 Å². The first-order valence-corrected chi connectivity index (χ1v) is 13.8. The second kappa shape index (κ2) is 11.3. The fourth-order valence-corrected chi connectivity index (χ4v) is 6.07. The van der Waals surface area contributed by atoms with Crippen LogP contribution in [0.15, 0.2) is 115 Å². The predicted molar refractivity (Wildman–Crippen MR) is 155 cm³/mol. The lowest BCUT2D eigenvalue weighted by molar-refractivity contribution is 0.0465. The lowest BCUT2D eigenvalue weighted by Crippen LogP contribution is -2.39. The van der Waals surface area contributed by atoms with E-state index in [1.165, 1.54) is 29.5 Å². The minimum Gasteiger partial charge on any atom is -0.488 e. The zero-order chi connectivity index (χ0) is 25.7. The first-order valence-electron chi connectivity index (χ1n) is 13.8. The van der Waals surface area contributed by atoms with Gasteiger partial charge in [-0.05, 0) is 59.4 Å². The highest BCUT2D eigenvalue weighted by Gasteiger charge is 2.38. The third kappa shape index (κ3) is 5.30. The first kappa shape index (κ1) is 25.1. The number of ether oxygens (including phenoxy) is 1. The van der Waals surface area contributed by atoms with Gasteiger partial charge in [0.25, 0.3) is 0 Å². The van der Waals surface area contributed by atoms with Crippen LogP contribution in [0.3, 0.4) is 0 Å². The lowest BCUT2D eigenvalue weighted by atomic mass is 9.75. The maximum Gasteiger partial charge on any atom is 0.142 e. The van der Waals surface area contributed by atoms with E-state index in [2.05, 4.69) is 141 Å². The van der Waals surface area contributed by atoms with Crippen molar-refractivity contribution in [1.82, 2.24) is 0 Å². The molecule has 0 aliphatic heterocycles. The Labute approximate surface area is 222 Å². The zero-order valence-electron chi connectivity index (χ0n) is 22.3. The van der Waals surface area contributed by atoms with Gasteiger partial charge in [-0.2, -0.15) is 0 Å². The van der Waals surface area contributed by atoms with E-state index in [0.29, 0.717) is 17.8 Å². The van der Waals surface area contributed by atoms with Gasteiger partial charge in [0.2, 0.25) is 0 Å². The Morgan fingerprint density at radius 2 is 1.16 bits per heavy atom. The van der Waals surface area contributed by atoms with Gasteiger partial charge < -0.3 is 10.1 Å². The summed E-state index contributed by atoms with van der Waals surface area (Å²) in [7, 11) is 0. The molecule has 1 fully saturated rings. The van der Waals surface area contributed by atoms with Gasteiger partial charge >= 0.3 is 0 Å². The fraction of sp³-hybridized carbons (Fsp3) is 0.314. The van der Waals surface area contributed by atoms with Crippen molar-refractivity contribution in [3.8, 4) is 5.75 Å². The summed E-state index contributed by atoms with van der Waals surface area (Å²) in [5, 5.41) is 4.03. The van der Waals surface area contributed by atoms with Gasteiger partial charge in [0, 0.05) is 0 Å². The van der Waals surface area contributed by atoms with Crippen molar-refractivity contribution in [3.63, 3.8) is 0 Å². The van der Waals surface area contributed by atoms with Crippen LogP contribution in [-0.2, 0) is 5.54 Å². The Bertz CT molecular complexity index is 1160. The van der Waals surface area contributed by atoms with Crippen LogP contribution in [0.4, 0.5) is 5.69 Å². The fourth-order valence-electron chi connectivity index (χ4n) is 6.07. The summed E-state index contributed by atoms with van der Waals surface area (Å²) in [6.45, 7) is 7.04. The van der Waals surface area contributed by atoms with Gasteiger partial charge in [0.05, 0.1) is 5.69 Å². The van der Waals surface area contributed by atoms with E-state index in [-0.39, 0.29) is 6.10 Å². The molecule has 0 radical (unpaired) electrons. The Kier molecular flexibility index (Phi) is 7.65. The molecule has 190 valence electrons. The van der Waals surface area contributed by atoms with Crippen molar-refractivity contribution in [1.29, 1.82) is 0 Å². The molecule has 0 saturated heterocycles. The maximum absolute atomic E-state index is 6.92. The molecular formula is C35H39NO. The third-order valence-electron chi connectivity index (χ3n) is 8.07. The number of benzene rings is 4. The average molecular weight is 490 g/mol. The molecule has 0 heterocycles. The molecule has 37 heavy (non-hydrogen) atoms. The van der Waals surface area contributed by atoms with E-state index >= 15 is 0 Å². The molecule has 0 spiro atoms. The van der Waals surface area contributed by atoms with Crippen LogP contribution in [0.25, 0.3) is 0 Å². The summed E-state index contributed by atoms with van der Waals surface area (Å²) in [5.41, 5.74) is 4.00. The predicted octanol–water partition coefficient (Wildman–Crippen LogP) is 8.93. The SMILES string of the molecule is CC(C)[C@@H]1CC[C@@H](C)C[C@H]1Oc1ccccc1NC(c1ccccc1)(c1ccccc1)c1ccccc1. The van der Waals surface area contributed by atoms with Gasteiger partial charge in [-0.15, -0.1) is 0 Å². The lowest BCUT2D eigenvalue weighted by Gasteiger charge is -2.40. The van der Waals surface area contributed by atoms with Crippen molar-refractivity contribution in [3.05, 3.63) is 132 Å². The van der Waals surface area contributed by atoms with Gasteiger partial charge in [-0.3, -0.25) is 0 Å². The van der Waals surface area contributed by atoms with Crippen LogP contribution < -0.4 is 10.1 Å². The highest BCUT2D eigenvalue weighted by atomic mass is 16.5. The molecule has 0 aromatic heterocycles. The number of nitrogens with one attached hydrogen (secondary N) is 1. The monoisotopic (exact) mass is 489 g/mol. The molecule has 2 heteroatoms. The molecular weight excluding hydrogens is 450 g/mol. The summed E-state index contributed by atoms with van der Waals surface area (Å²) in [6.07, 6.45) is 3.87. The molecule has 1 aliphatic carbocycles. The largest absolute Gasteiger partial charge is 0.488 e. The van der Waals surface area contributed by atoms with Crippen molar-refractivity contribution in [2.45, 2.75) is 51.7 Å². The molecule has 5 rings (SSSR count). The van der Waals surface area contributed by atoms with Gasteiger partial charge in [-0.1, -0.05) is 130 Å². The van der Waals surface area contributed by atoms with E-state index in [0.717, 1.165) is 17.9 Å².